The molecule has 0 spiro atoms. The fourth-order valence-electron chi connectivity index (χ4n) is 3.00. The number of aromatic nitrogens is 1. The van der Waals surface area contributed by atoms with Crippen molar-refractivity contribution in [2.24, 2.45) is 11.7 Å². The number of hydrogen-bond donors (Lipinski definition) is 2. The molecule has 1 saturated carbocycles. The van der Waals surface area contributed by atoms with Crippen LogP contribution in [0.25, 0.3) is 0 Å². The van der Waals surface area contributed by atoms with Gasteiger partial charge in [0.25, 0.3) is 5.91 Å². The number of carbonyl (C=O) groups is 1. The number of H-pyrrole nitrogens is 1. The fourth-order valence-corrected chi connectivity index (χ4v) is 3.00. The third kappa shape index (κ3) is 2.67. The number of rotatable bonds is 5. The van der Waals surface area contributed by atoms with E-state index >= 15 is 0 Å². The molecule has 0 saturated heterocycles. The van der Waals surface area contributed by atoms with Gasteiger partial charge in [-0.1, -0.05) is 6.42 Å². The van der Waals surface area contributed by atoms with Gasteiger partial charge in [-0.25, -0.2) is 4.98 Å². The Kier molecular flexibility index (Phi) is 4.39. The van der Waals surface area contributed by atoms with E-state index in [1.807, 2.05) is 6.92 Å². The van der Waals surface area contributed by atoms with Crippen LogP contribution in [-0.2, 0) is 0 Å². The summed E-state index contributed by atoms with van der Waals surface area (Å²) in [4.78, 5) is 27.0. The summed E-state index contributed by atoms with van der Waals surface area (Å²) in [7, 11) is 0. The van der Waals surface area contributed by atoms with Gasteiger partial charge in [-0.3, -0.25) is 4.79 Å². The Bertz CT molecular complexity index is 500. The zero-order valence-corrected chi connectivity index (χ0v) is 11.5. The van der Waals surface area contributed by atoms with Crippen molar-refractivity contribution < 1.29 is 9.72 Å². The lowest BCUT2D eigenvalue weighted by Gasteiger charge is -2.31. The maximum atomic E-state index is 12.5. The smallest absolute Gasteiger partial charge is 0.321 e. The van der Waals surface area contributed by atoms with Crippen molar-refractivity contribution >= 4 is 11.7 Å². The Morgan fingerprint density at radius 3 is 2.85 bits per heavy atom. The first kappa shape index (κ1) is 14.5. The van der Waals surface area contributed by atoms with Gasteiger partial charge in [0.1, 0.15) is 0 Å². The lowest BCUT2D eigenvalue weighted by molar-refractivity contribution is -0.389. The summed E-state index contributed by atoms with van der Waals surface area (Å²) in [6.45, 7) is 3.06. The number of nitrogens with two attached hydrogens (primary N) is 1. The van der Waals surface area contributed by atoms with Gasteiger partial charge in [0.15, 0.2) is 5.69 Å². The van der Waals surface area contributed by atoms with E-state index in [1.54, 1.807) is 4.90 Å². The van der Waals surface area contributed by atoms with Crippen LogP contribution in [0.15, 0.2) is 12.1 Å². The van der Waals surface area contributed by atoms with Gasteiger partial charge >= 0.3 is 5.82 Å². The monoisotopic (exact) mass is 280 g/mol. The Morgan fingerprint density at radius 1 is 1.55 bits per heavy atom. The van der Waals surface area contributed by atoms with Crippen molar-refractivity contribution in [3.63, 3.8) is 0 Å². The number of aromatic amines is 1. The highest BCUT2D eigenvalue weighted by molar-refractivity contribution is 5.93. The zero-order chi connectivity index (χ0) is 14.7. The summed E-state index contributed by atoms with van der Waals surface area (Å²) in [5, 5.41) is 10.7. The standard InChI is InChI=1S/C13H20N4O3/c1-2-16(11-5-3-4-9(11)8-14)13(18)10-6-7-12(15-10)17(19)20/h6-7,9,11,15H,2-5,8,14H2,1H3. The van der Waals surface area contributed by atoms with Crippen LogP contribution in [0, 0.1) is 16.0 Å². The van der Waals surface area contributed by atoms with Gasteiger partial charge in [0, 0.05) is 18.7 Å². The lowest BCUT2D eigenvalue weighted by atomic mass is 10.0. The predicted molar refractivity (Wildman–Crippen MR) is 74.3 cm³/mol. The Morgan fingerprint density at radius 2 is 2.30 bits per heavy atom. The van der Waals surface area contributed by atoms with E-state index in [1.165, 1.54) is 12.1 Å². The highest BCUT2D eigenvalue weighted by Crippen LogP contribution is 2.30. The third-order valence-electron chi connectivity index (χ3n) is 4.02. The van der Waals surface area contributed by atoms with Crippen molar-refractivity contribution in [1.82, 2.24) is 9.88 Å². The molecule has 1 fully saturated rings. The molecule has 0 aliphatic heterocycles. The molecule has 3 N–H and O–H groups in total. The van der Waals surface area contributed by atoms with Gasteiger partial charge in [-0.15, -0.1) is 0 Å². The Labute approximate surface area is 117 Å². The van der Waals surface area contributed by atoms with Crippen LogP contribution in [-0.4, -0.2) is 39.8 Å². The second-order valence-corrected chi connectivity index (χ2v) is 5.10. The molecule has 110 valence electrons. The van der Waals surface area contributed by atoms with Crippen LogP contribution in [0.1, 0.15) is 36.7 Å². The molecule has 0 aromatic carbocycles. The Balaban J connectivity index is 2.17. The summed E-state index contributed by atoms with van der Waals surface area (Å²) in [6, 6.07) is 2.92. The molecular weight excluding hydrogens is 260 g/mol. The number of amides is 1. The minimum Gasteiger partial charge on any atom is -0.358 e. The van der Waals surface area contributed by atoms with Gasteiger partial charge in [-0.05, 0) is 43.2 Å². The van der Waals surface area contributed by atoms with Gasteiger partial charge < -0.3 is 20.7 Å². The highest BCUT2D eigenvalue weighted by Gasteiger charge is 2.34. The number of hydrogen-bond acceptors (Lipinski definition) is 4. The Hall–Kier alpha value is -1.89. The van der Waals surface area contributed by atoms with Crippen LogP contribution < -0.4 is 5.73 Å². The van der Waals surface area contributed by atoms with Crippen LogP contribution in [0.3, 0.4) is 0 Å². The largest absolute Gasteiger partial charge is 0.358 e. The van der Waals surface area contributed by atoms with Gasteiger partial charge in [0.2, 0.25) is 0 Å². The lowest BCUT2D eigenvalue weighted by Crippen LogP contribution is -2.44. The molecule has 1 aromatic heterocycles. The summed E-state index contributed by atoms with van der Waals surface area (Å²) < 4.78 is 0. The molecule has 1 aliphatic carbocycles. The average molecular weight is 280 g/mol. The van der Waals surface area contributed by atoms with Crippen LogP contribution in [0.4, 0.5) is 5.82 Å². The molecule has 1 heterocycles. The minimum atomic E-state index is -0.536. The summed E-state index contributed by atoms with van der Waals surface area (Å²) in [6.07, 6.45) is 3.06. The first-order valence-electron chi connectivity index (χ1n) is 6.93. The highest BCUT2D eigenvalue weighted by atomic mass is 16.6. The molecule has 0 bridgehead atoms. The van der Waals surface area contributed by atoms with Crippen molar-refractivity contribution in [2.45, 2.75) is 32.2 Å². The molecule has 20 heavy (non-hydrogen) atoms. The van der Waals surface area contributed by atoms with Crippen molar-refractivity contribution in [1.29, 1.82) is 0 Å². The van der Waals surface area contributed by atoms with E-state index in [4.69, 9.17) is 5.73 Å². The predicted octanol–water partition coefficient (Wildman–Crippen LogP) is 1.51. The van der Waals surface area contributed by atoms with E-state index in [0.717, 1.165) is 19.3 Å². The molecule has 1 aliphatic rings. The molecular formula is C13H20N4O3. The molecule has 0 radical (unpaired) electrons. The topological polar surface area (TPSA) is 105 Å². The van der Waals surface area contributed by atoms with Crippen molar-refractivity contribution in [3.05, 3.63) is 27.9 Å². The van der Waals surface area contributed by atoms with Crippen LogP contribution in [0.2, 0.25) is 0 Å². The van der Waals surface area contributed by atoms with E-state index < -0.39 is 4.92 Å². The van der Waals surface area contributed by atoms with Gasteiger partial charge in [0.05, 0.1) is 0 Å². The third-order valence-corrected chi connectivity index (χ3v) is 4.02. The first-order chi connectivity index (χ1) is 9.58. The maximum Gasteiger partial charge on any atom is 0.321 e. The van der Waals surface area contributed by atoms with Crippen molar-refractivity contribution in [2.75, 3.05) is 13.1 Å². The maximum absolute atomic E-state index is 12.5. The number of carbonyl (C=O) groups excluding carboxylic acids is 1. The van der Waals surface area contributed by atoms with E-state index in [-0.39, 0.29) is 23.5 Å². The van der Waals surface area contributed by atoms with E-state index in [2.05, 4.69) is 4.98 Å². The summed E-state index contributed by atoms with van der Waals surface area (Å²) in [5.74, 6) is -0.0269. The SMILES string of the molecule is CCN(C(=O)c1ccc([N+](=O)[O-])[nH]1)C1CCCC1CN. The normalized spacial score (nSPS) is 21.9. The van der Waals surface area contributed by atoms with E-state index in [9.17, 15) is 14.9 Å². The minimum absolute atomic E-state index is 0.139. The molecule has 1 amide bonds. The molecule has 2 unspecified atom stereocenters. The fraction of sp³-hybridized carbons (Fsp3) is 0.615. The summed E-state index contributed by atoms with van der Waals surface area (Å²) >= 11 is 0. The zero-order valence-electron chi connectivity index (χ0n) is 11.5. The van der Waals surface area contributed by atoms with Crippen LogP contribution >= 0.6 is 0 Å². The molecule has 1 aromatic rings. The molecule has 2 rings (SSSR count). The number of nitrogens with one attached hydrogen (secondary N) is 1. The second-order valence-electron chi connectivity index (χ2n) is 5.10. The van der Waals surface area contributed by atoms with Gasteiger partial charge in [-0.2, -0.15) is 0 Å². The van der Waals surface area contributed by atoms with Crippen LogP contribution in [0.5, 0.6) is 0 Å². The second kappa shape index (κ2) is 6.04. The van der Waals surface area contributed by atoms with E-state index in [0.29, 0.717) is 19.0 Å². The molecule has 2 atom stereocenters. The van der Waals surface area contributed by atoms with Crippen molar-refractivity contribution in [3.8, 4) is 0 Å². The summed E-state index contributed by atoms with van der Waals surface area (Å²) in [5.41, 5.74) is 6.03. The number of nitro groups is 1. The molecule has 7 heteroatoms. The molecule has 7 nitrogen and oxygen atoms in total. The quantitative estimate of drug-likeness (QED) is 0.630. The average Bonchev–Trinajstić information content (AvgIpc) is 3.08. The number of nitrogens with zero attached hydrogens (tertiary/aromatic N) is 2. The first-order valence-corrected chi connectivity index (χ1v) is 6.93.